The number of aryl methyl sites for hydroxylation is 2. The smallest absolute Gasteiger partial charge is 0.228 e. The Hall–Kier alpha value is -0.870. The van der Waals surface area contributed by atoms with Crippen LogP contribution in [0.2, 0.25) is 0 Å². The quantitative estimate of drug-likeness (QED) is 0.858. The van der Waals surface area contributed by atoms with Gasteiger partial charge in [0.05, 0.1) is 0 Å². The lowest BCUT2D eigenvalue weighted by Crippen LogP contribution is -2.28. The third-order valence-corrected chi connectivity index (χ3v) is 3.78. The van der Waals surface area contributed by atoms with E-state index in [9.17, 15) is 4.79 Å². The minimum Gasteiger partial charge on any atom is -0.326 e. The molecule has 0 saturated carbocycles. The van der Waals surface area contributed by atoms with Gasteiger partial charge in [-0.05, 0) is 31.0 Å². The minimum atomic E-state index is -0.0352. The predicted molar refractivity (Wildman–Crippen MR) is 68.6 cm³/mol. The second kappa shape index (κ2) is 4.18. The SMILES string of the molecule is Cc1cc(C)c(N2CC(N)CC2=O)cc1Br. The van der Waals surface area contributed by atoms with Crippen LogP contribution in [0.1, 0.15) is 17.5 Å². The van der Waals surface area contributed by atoms with Crippen molar-refractivity contribution < 1.29 is 4.79 Å². The first-order valence-electron chi connectivity index (χ1n) is 5.31. The zero-order chi connectivity index (χ0) is 11.9. The van der Waals surface area contributed by atoms with E-state index in [0.717, 1.165) is 15.7 Å². The van der Waals surface area contributed by atoms with Gasteiger partial charge in [-0.3, -0.25) is 4.79 Å². The molecule has 0 aliphatic carbocycles. The molecule has 3 nitrogen and oxygen atoms in total. The first-order chi connectivity index (χ1) is 7.49. The molecule has 1 atom stereocenters. The Labute approximate surface area is 104 Å². The molecule has 1 aliphatic rings. The molecule has 1 unspecified atom stereocenters. The van der Waals surface area contributed by atoms with Gasteiger partial charge in [0.2, 0.25) is 5.91 Å². The third-order valence-electron chi connectivity index (χ3n) is 2.92. The van der Waals surface area contributed by atoms with Gasteiger partial charge in [-0.15, -0.1) is 0 Å². The summed E-state index contributed by atoms with van der Waals surface area (Å²) >= 11 is 3.49. The van der Waals surface area contributed by atoms with Gasteiger partial charge in [0.15, 0.2) is 0 Å². The topological polar surface area (TPSA) is 46.3 Å². The number of nitrogens with two attached hydrogens (primary N) is 1. The molecular formula is C12H15BrN2O. The van der Waals surface area contributed by atoms with Crippen molar-refractivity contribution in [2.45, 2.75) is 26.3 Å². The van der Waals surface area contributed by atoms with E-state index in [2.05, 4.69) is 22.0 Å². The molecule has 86 valence electrons. The van der Waals surface area contributed by atoms with Crippen LogP contribution >= 0.6 is 15.9 Å². The molecule has 1 aromatic rings. The van der Waals surface area contributed by atoms with E-state index in [0.29, 0.717) is 13.0 Å². The fourth-order valence-corrected chi connectivity index (χ4v) is 2.41. The Kier molecular flexibility index (Phi) is 3.04. The van der Waals surface area contributed by atoms with Crippen molar-refractivity contribution in [3.8, 4) is 0 Å². The van der Waals surface area contributed by atoms with Crippen molar-refractivity contribution >= 4 is 27.5 Å². The molecule has 1 aromatic carbocycles. The van der Waals surface area contributed by atoms with Gasteiger partial charge in [0, 0.05) is 29.2 Å². The molecule has 1 saturated heterocycles. The number of carbonyl (C=O) groups is 1. The van der Waals surface area contributed by atoms with Gasteiger partial charge >= 0.3 is 0 Å². The highest BCUT2D eigenvalue weighted by Crippen LogP contribution is 2.30. The minimum absolute atomic E-state index is 0.0352. The van der Waals surface area contributed by atoms with Crippen molar-refractivity contribution in [2.75, 3.05) is 11.4 Å². The second-order valence-corrected chi connectivity index (χ2v) is 5.21. The molecule has 1 heterocycles. The molecule has 0 bridgehead atoms. The van der Waals surface area contributed by atoms with Gasteiger partial charge in [-0.2, -0.15) is 0 Å². The lowest BCUT2D eigenvalue weighted by Gasteiger charge is -2.19. The summed E-state index contributed by atoms with van der Waals surface area (Å²) in [7, 11) is 0. The molecule has 2 N–H and O–H groups in total. The summed E-state index contributed by atoms with van der Waals surface area (Å²) in [6, 6.07) is 4.05. The summed E-state index contributed by atoms with van der Waals surface area (Å²) in [6.07, 6.45) is 0.449. The molecule has 4 heteroatoms. The fourth-order valence-electron chi connectivity index (χ4n) is 2.07. The van der Waals surface area contributed by atoms with Crippen LogP contribution in [0.15, 0.2) is 16.6 Å². The molecule has 16 heavy (non-hydrogen) atoms. The van der Waals surface area contributed by atoms with Crippen molar-refractivity contribution in [3.63, 3.8) is 0 Å². The fraction of sp³-hybridized carbons (Fsp3) is 0.417. The number of hydrogen-bond donors (Lipinski definition) is 1. The van der Waals surface area contributed by atoms with Crippen LogP contribution in [-0.4, -0.2) is 18.5 Å². The summed E-state index contributed by atoms with van der Waals surface area (Å²) < 4.78 is 1.03. The van der Waals surface area contributed by atoms with Crippen LogP contribution in [-0.2, 0) is 4.79 Å². The highest BCUT2D eigenvalue weighted by atomic mass is 79.9. The van der Waals surface area contributed by atoms with Gasteiger partial charge < -0.3 is 10.6 Å². The van der Waals surface area contributed by atoms with Crippen molar-refractivity contribution in [3.05, 3.63) is 27.7 Å². The summed E-state index contributed by atoms with van der Waals surface area (Å²) in [5.74, 6) is 0.117. The highest BCUT2D eigenvalue weighted by Gasteiger charge is 2.29. The van der Waals surface area contributed by atoms with Crippen LogP contribution in [0, 0.1) is 13.8 Å². The Balaban J connectivity index is 2.41. The van der Waals surface area contributed by atoms with Crippen molar-refractivity contribution in [1.82, 2.24) is 0 Å². The number of carbonyl (C=O) groups excluding carboxylic acids is 1. The number of hydrogen-bond acceptors (Lipinski definition) is 2. The Bertz CT molecular complexity index is 445. The number of nitrogens with zero attached hydrogens (tertiary/aromatic N) is 1. The van der Waals surface area contributed by atoms with E-state index >= 15 is 0 Å². The number of amides is 1. The number of anilines is 1. The monoisotopic (exact) mass is 282 g/mol. The number of halogens is 1. The maximum atomic E-state index is 11.8. The van der Waals surface area contributed by atoms with E-state index < -0.39 is 0 Å². The predicted octanol–water partition coefficient (Wildman–Crippen LogP) is 2.13. The maximum absolute atomic E-state index is 11.8. The first kappa shape index (κ1) is 11.6. The molecule has 0 radical (unpaired) electrons. The molecule has 1 amide bonds. The molecule has 1 aliphatic heterocycles. The molecule has 1 fully saturated rings. The Morgan fingerprint density at radius 2 is 2.06 bits per heavy atom. The van der Waals surface area contributed by atoms with Gasteiger partial charge in [-0.25, -0.2) is 0 Å². The van der Waals surface area contributed by atoms with E-state index in [-0.39, 0.29) is 11.9 Å². The van der Waals surface area contributed by atoms with Crippen LogP contribution < -0.4 is 10.6 Å². The summed E-state index contributed by atoms with van der Waals surface area (Å²) in [5, 5.41) is 0. The van der Waals surface area contributed by atoms with Crippen LogP contribution in [0.5, 0.6) is 0 Å². The van der Waals surface area contributed by atoms with Crippen LogP contribution in [0.3, 0.4) is 0 Å². The van der Waals surface area contributed by atoms with Crippen molar-refractivity contribution in [1.29, 1.82) is 0 Å². The maximum Gasteiger partial charge on any atom is 0.228 e. The zero-order valence-corrected chi connectivity index (χ0v) is 11.0. The second-order valence-electron chi connectivity index (χ2n) is 4.36. The Morgan fingerprint density at radius 3 is 2.62 bits per heavy atom. The Morgan fingerprint density at radius 1 is 1.38 bits per heavy atom. The zero-order valence-electron chi connectivity index (χ0n) is 9.46. The molecular weight excluding hydrogens is 268 g/mol. The van der Waals surface area contributed by atoms with Gasteiger partial charge in [-0.1, -0.05) is 22.0 Å². The number of benzene rings is 1. The summed E-state index contributed by atoms with van der Waals surface area (Å²) in [5.41, 5.74) is 9.06. The van der Waals surface area contributed by atoms with E-state index in [1.165, 1.54) is 5.56 Å². The largest absolute Gasteiger partial charge is 0.326 e. The van der Waals surface area contributed by atoms with Crippen LogP contribution in [0.4, 0.5) is 5.69 Å². The van der Waals surface area contributed by atoms with E-state index in [1.54, 1.807) is 4.90 Å². The van der Waals surface area contributed by atoms with Crippen molar-refractivity contribution in [2.24, 2.45) is 5.73 Å². The lowest BCUT2D eigenvalue weighted by molar-refractivity contribution is -0.117. The molecule has 0 spiro atoms. The lowest BCUT2D eigenvalue weighted by atomic mass is 10.1. The normalized spacial score (nSPS) is 20.6. The number of rotatable bonds is 1. The summed E-state index contributed by atoms with van der Waals surface area (Å²) in [4.78, 5) is 13.5. The van der Waals surface area contributed by atoms with E-state index in [4.69, 9.17) is 5.73 Å². The molecule has 0 aromatic heterocycles. The standard InChI is InChI=1S/C12H15BrN2O/c1-7-3-8(2)11(5-10(7)13)15-6-9(14)4-12(15)16/h3,5,9H,4,6,14H2,1-2H3. The average Bonchev–Trinajstić information content (AvgIpc) is 2.51. The average molecular weight is 283 g/mol. The first-order valence-corrected chi connectivity index (χ1v) is 6.11. The van der Waals surface area contributed by atoms with E-state index in [1.807, 2.05) is 19.9 Å². The van der Waals surface area contributed by atoms with Crippen LogP contribution in [0.25, 0.3) is 0 Å². The summed E-state index contributed by atoms with van der Waals surface area (Å²) in [6.45, 7) is 4.68. The van der Waals surface area contributed by atoms with Gasteiger partial charge in [0.25, 0.3) is 0 Å². The molecule has 2 rings (SSSR count). The highest BCUT2D eigenvalue weighted by molar-refractivity contribution is 9.10. The third kappa shape index (κ3) is 1.99. The van der Waals surface area contributed by atoms with Gasteiger partial charge in [0.1, 0.15) is 0 Å².